The van der Waals surface area contributed by atoms with Crippen molar-refractivity contribution in [2.45, 2.75) is 26.2 Å². The van der Waals surface area contributed by atoms with Gasteiger partial charge in [-0.05, 0) is 42.7 Å². The summed E-state index contributed by atoms with van der Waals surface area (Å²) < 4.78 is 1.90. The number of unbranched alkanes of at least 4 members (excludes halogenated alkanes) is 1. The molecule has 2 aromatic carbocycles. The Hall–Kier alpha value is -1.87. The predicted molar refractivity (Wildman–Crippen MR) is 82.5 cm³/mol. The van der Waals surface area contributed by atoms with E-state index in [2.05, 4.69) is 35.4 Å². The fourth-order valence-electron chi connectivity index (χ4n) is 2.37. The zero-order valence-electron chi connectivity index (χ0n) is 11.4. The van der Waals surface area contributed by atoms with E-state index in [1.165, 1.54) is 18.4 Å². The molecule has 102 valence electrons. The monoisotopic (exact) mass is 285 g/mol. The molecule has 0 saturated carbocycles. The zero-order valence-corrected chi connectivity index (χ0v) is 12.1. The summed E-state index contributed by atoms with van der Waals surface area (Å²) in [6, 6.07) is 14.0. The van der Waals surface area contributed by atoms with Gasteiger partial charge in [0.25, 0.3) is 0 Å². The van der Waals surface area contributed by atoms with E-state index in [0.717, 1.165) is 23.1 Å². The van der Waals surface area contributed by atoms with Crippen molar-refractivity contribution in [3.63, 3.8) is 0 Å². The van der Waals surface area contributed by atoms with Crippen molar-refractivity contribution in [1.29, 1.82) is 0 Å². The first-order chi connectivity index (χ1) is 9.79. The first kappa shape index (κ1) is 13.1. The molecular weight excluding hydrogens is 270 g/mol. The third-order valence-corrected chi connectivity index (χ3v) is 3.66. The quantitative estimate of drug-likeness (QED) is 0.710. The van der Waals surface area contributed by atoms with Gasteiger partial charge in [0.15, 0.2) is 0 Å². The molecule has 0 saturated heterocycles. The van der Waals surface area contributed by atoms with Gasteiger partial charge in [-0.2, -0.15) is 0 Å². The lowest BCUT2D eigenvalue weighted by atomic mass is 10.1. The molecule has 0 spiro atoms. The SMILES string of the molecule is CCCCc1ccccc1-n1nnc2cc(Cl)ccc21. The molecule has 0 fully saturated rings. The number of aryl methyl sites for hydroxylation is 1. The van der Waals surface area contributed by atoms with Crippen LogP contribution in [0.2, 0.25) is 5.02 Å². The maximum absolute atomic E-state index is 6.00. The first-order valence-electron chi connectivity index (χ1n) is 6.89. The zero-order chi connectivity index (χ0) is 13.9. The maximum Gasteiger partial charge on any atom is 0.115 e. The van der Waals surface area contributed by atoms with Crippen LogP contribution in [-0.4, -0.2) is 15.0 Å². The van der Waals surface area contributed by atoms with Gasteiger partial charge in [-0.1, -0.05) is 48.4 Å². The van der Waals surface area contributed by atoms with E-state index in [0.29, 0.717) is 5.02 Å². The third kappa shape index (κ3) is 2.41. The number of rotatable bonds is 4. The minimum absolute atomic E-state index is 0.684. The number of benzene rings is 2. The van der Waals surface area contributed by atoms with E-state index in [1.807, 2.05) is 28.9 Å². The highest BCUT2D eigenvalue weighted by Gasteiger charge is 2.10. The second kappa shape index (κ2) is 5.63. The molecule has 4 heteroatoms. The van der Waals surface area contributed by atoms with Crippen LogP contribution in [-0.2, 0) is 6.42 Å². The van der Waals surface area contributed by atoms with Gasteiger partial charge >= 0.3 is 0 Å². The van der Waals surface area contributed by atoms with Crippen LogP contribution in [0.25, 0.3) is 16.7 Å². The van der Waals surface area contributed by atoms with Crippen LogP contribution in [0.4, 0.5) is 0 Å². The van der Waals surface area contributed by atoms with Gasteiger partial charge in [0.1, 0.15) is 5.52 Å². The fraction of sp³-hybridized carbons (Fsp3) is 0.250. The van der Waals surface area contributed by atoms with E-state index < -0.39 is 0 Å². The molecule has 1 heterocycles. The Balaban J connectivity index is 2.11. The molecule has 0 atom stereocenters. The molecule has 3 aromatic rings. The van der Waals surface area contributed by atoms with Crippen molar-refractivity contribution in [1.82, 2.24) is 15.0 Å². The van der Waals surface area contributed by atoms with Crippen molar-refractivity contribution >= 4 is 22.6 Å². The number of fused-ring (bicyclic) bond motifs is 1. The number of halogens is 1. The Morgan fingerprint density at radius 3 is 2.85 bits per heavy atom. The van der Waals surface area contributed by atoms with E-state index in [-0.39, 0.29) is 0 Å². The minimum Gasteiger partial charge on any atom is -0.213 e. The number of para-hydroxylation sites is 1. The average Bonchev–Trinajstić information content (AvgIpc) is 2.88. The van der Waals surface area contributed by atoms with Crippen LogP contribution in [0.15, 0.2) is 42.5 Å². The third-order valence-electron chi connectivity index (χ3n) is 3.43. The van der Waals surface area contributed by atoms with Crippen molar-refractivity contribution in [2.75, 3.05) is 0 Å². The number of hydrogen-bond acceptors (Lipinski definition) is 2. The van der Waals surface area contributed by atoms with Gasteiger partial charge in [-0.15, -0.1) is 5.10 Å². The Labute approximate surface area is 123 Å². The number of aromatic nitrogens is 3. The lowest BCUT2D eigenvalue weighted by Crippen LogP contribution is -2.01. The summed E-state index contributed by atoms with van der Waals surface area (Å²) >= 11 is 6.00. The van der Waals surface area contributed by atoms with E-state index >= 15 is 0 Å². The van der Waals surface area contributed by atoms with Crippen LogP contribution in [0.1, 0.15) is 25.3 Å². The summed E-state index contributed by atoms with van der Waals surface area (Å²) in [4.78, 5) is 0. The lowest BCUT2D eigenvalue weighted by molar-refractivity contribution is 0.768. The molecule has 0 radical (unpaired) electrons. The molecule has 0 unspecified atom stereocenters. The van der Waals surface area contributed by atoms with Crippen LogP contribution < -0.4 is 0 Å². The Morgan fingerprint density at radius 1 is 1.15 bits per heavy atom. The van der Waals surface area contributed by atoms with Gasteiger partial charge in [0.05, 0.1) is 11.2 Å². The van der Waals surface area contributed by atoms with Gasteiger partial charge in [0, 0.05) is 5.02 Å². The van der Waals surface area contributed by atoms with Gasteiger partial charge < -0.3 is 0 Å². The van der Waals surface area contributed by atoms with Crippen LogP contribution in [0, 0.1) is 0 Å². The molecule has 0 aliphatic rings. The summed E-state index contributed by atoms with van der Waals surface area (Å²) in [5.41, 5.74) is 4.21. The molecule has 20 heavy (non-hydrogen) atoms. The normalized spacial score (nSPS) is 11.1. The molecular formula is C16H16ClN3. The van der Waals surface area contributed by atoms with Crippen LogP contribution in [0.5, 0.6) is 0 Å². The predicted octanol–water partition coefficient (Wildman–Crippen LogP) is 4.42. The molecule has 0 aliphatic carbocycles. The second-order valence-corrected chi connectivity index (χ2v) is 5.30. The number of hydrogen-bond donors (Lipinski definition) is 0. The summed E-state index contributed by atoms with van der Waals surface area (Å²) in [7, 11) is 0. The van der Waals surface area contributed by atoms with Crippen molar-refractivity contribution < 1.29 is 0 Å². The fourth-order valence-corrected chi connectivity index (χ4v) is 2.54. The Kier molecular flexibility index (Phi) is 3.70. The number of nitrogens with zero attached hydrogens (tertiary/aromatic N) is 3. The Bertz CT molecular complexity index is 733. The van der Waals surface area contributed by atoms with E-state index in [4.69, 9.17) is 11.6 Å². The van der Waals surface area contributed by atoms with Crippen LogP contribution >= 0.6 is 11.6 Å². The summed E-state index contributed by atoms with van der Waals surface area (Å²) in [6.07, 6.45) is 3.42. The summed E-state index contributed by atoms with van der Waals surface area (Å²) in [6.45, 7) is 2.20. The largest absolute Gasteiger partial charge is 0.213 e. The van der Waals surface area contributed by atoms with Gasteiger partial charge in [-0.3, -0.25) is 0 Å². The highest BCUT2D eigenvalue weighted by Crippen LogP contribution is 2.23. The lowest BCUT2D eigenvalue weighted by Gasteiger charge is -2.09. The summed E-state index contributed by atoms with van der Waals surface area (Å²) in [5, 5.41) is 9.17. The smallest absolute Gasteiger partial charge is 0.115 e. The van der Waals surface area contributed by atoms with Crippen LogP contribution in [0.3, 0.4) is 0 Å². The topological polar surface area (TPSA) is 30.7 Å². The van der Waals surface area contributed by atoms with E-state index in [1.54, 1.807) is 0 Å². The molecule has 0 N–H and O–H groups in total. The molecule has 3 nitrogen and oxygen atoms in total. The highest BCUT2D eigenvalue weighted by atomic mass is 35.5. The van der Waals surface area contributed by atoms with Gasteiger partial charge in [0.2, 0.25) is 0 Å². The molecule has 1 aromatic heterocycles. The highest BCUT2D eigenvalue weighted by molar-refractivity contribution is 6.31. The van der Waals surface area contributed by atoms with Gasteiger partial charge in [-0.25, -0.2) is 4.68 Å². The molecule has 0 aliphatic heterocycles. The Morgan fingerprint density at radius 2 is 2.00 bits per heavy atom. The first-order valence-corrected chi connectivity index (χ1v) is 7.26. The average molecular weight is 286 g/mol. The maximum atomic E-state index is 6.00. The van der Waals surface area contributed by atoms with Crippen molar-refractivity contribution in [3.8, 4) is 5.69 Å². The van der Waals surface area contributed by atoms with Crippen molar-refractivity contribution in [2.24, 2.45) is 0 Å². The molecule has 3 rings (SSSR count). The van der Waals surface area contributed by atoms with Crippen molar-refractivity contribution in [3.05, 3.63) is 53.1 Å². The molecule has 0 bridgehead atoms. The summed E-state index contributed by atoms with van der Waals surface area (Å²) in [5.74, 6) is 0. The molecule has 0 amide bonds. The minimum atomic E-state index is 0.684. The van der Waals surface area contributed by atoms with E-state index in [9.17, 15) is 0 Å². The second-order valence-electron chi connectivity index (χ2n) is 4.87. The standard InChI is InChI=1S/C16H16ClN3/c1-2-3-6-12-7-4-5-8-15(12)20-16-10-9-13(17)11-14(16)18-19-20/h4-5,7-11H,2-3,6H2,1H3.